The first-order chi connectivity index (χ1) is 17.2. The third-order valence-electron chi connectivity index (χ3n) is 7.04. The maximum atomic E-state index is 4.93. The topological polar surface area (TPSA) is 66.0 Å². The molecule has 35 heavy (non-hydrogen) atoms. The molecular weight excluding hydrogens is 432 g/mol. The first-order valence-electron chi connectivity index (χ1n) is 13.7. The van der Waals surface area contributed by atoms with E-state index in [9.17, 15) is 0 Å². The highest BCUT2D eigenvalue weighted by molar-refractivity contribution is 5.86. The van der Waals surface area contributed by atoms with Gasteiger partial charge in [-0.1, -0.05) is 88.4 Å². The molecule has 1 heterocycles. The Balaban J connectivity index is 1.63. The summed E-state index contributed by atoms with van der Waals surface area (Å²) in [6, 6.07) is 15.5. The van der Waals surface area contributed by atoms with Gasteiger partial charge < -0.3 is 15.5 Å². The number of hydrogen-bond donors (Lipinski definition) is 2. The molecule has 1 aliphatic rings. The molecule has 6 nitrogen and oxygen atoms in total. The van der Waals surface area contributed by atoms with Crippen molar-refractivity contribution in [1.29, 1.82) is 0 Å². The number of rotatable bonds is 12. The minimum Gasteiger partial charge on any atom is -0.351 e. The first-order valence-corrected chi connectivity index (χ1v) is 13.7. The second-order valence-corrected chi connectivity index (χ2v) is 9.89. The Morgan fingerprint density at radius 1 is 0.857 bits per heavy atom. The highest BCUT2D eigenvalue weighted by Gasteiger charge is 2.19. The number of nitrogens with zero attached hydrogens (tertiary/aromatic N) is 4. The van der Waals surface area contributed by atoms with Crippen molar-refractivity contribution in [1.82, 2.24) is 15.0 Å². The number of nitrogens with one attached hydrogen (secondary N) is 2. The van der Waals surface area contributed by atoms with E-state index in [1.165, 1.54) is 48.4 Å². The van der Waals surface area contributed by atoms with Crippen LogP contribution in [0.1, 0.15) is 90.2 Å². The van der Waals surface area contributed by atoms with Gasteiger partial charge in [-0.3, -0.25) is 0 Å². The molecular formula is C29H42N6. The molecule has 1 atom stereocenters. The second-order valence-electron chi connectivity index (χ2n) is 9.89. The summed E-state index contributed by atoms with van der Waals surface area (Å²) in [5.41, 5.74) is 1.25. The van der Waals surface area contributed by atoms with Crippen molar-refractivity contribution in [3.05, 3.63) is 48.0 Å². The van der Waals surface area contributed by atoms with Crippen LogP contribution in [0.4, 0.5) is 17.8 Å². The molecule has 0 saturated heterocycles. The highest BCUT2D eigenvalue weighted by atomic mass is 15.3. The fourth-order valence-electron chi connectivity index (χ4n) is 4.97. The standard InChI is InChI=1S/C29H42N6/c1-4-6-20-35(21-7-5-2)29-33-27(32-28(34-29)31-24-16-9-8-10-17-24)30-22(3)25-19-13-15-23-14-11-12-18-26(23)25/h11-15,18-19,22,24H,4-10,16-17,20-21H2,1-3H3,(H2,30,31,32,33,34)/t22-/m0/s1. The van der Waals surface area contributed by atoms with Gasteiger partial charge in [0.2, 0.25) is 17.8 Å². The van der Waals surface area contributed by atoms with Crippen molar-refractivity contribution in [2.24, 2.45) is 0 Å². The summed E-state index contributed by atoms with van der Waals surface area (Å²) in [7, 11) is 0. The van der Waals surface area contributed by atoms with Crippen LogP contribution in [0, 0.1) is 0 Å². The normalized spacial score (nSPS) is 15.2. The predicted octanol–water partition coefficient (Wildman–Crippen LogP) is 7.35. The molecule has 1 saturated carbocycles. The van der Waals surface area contributed by atoms with E-state index in [2.05, 4.69) is 78.8 Å². The third-order valence-corrected chi connectivity index (χ3v) is 7.04. The van der Waals surface area contributed by atoms with E-state index in [1.54, 1.807) is 0 Å². The van der Waals surface area contributed by atoms with E-state index in [0.29, 0.717) is 17.9 Å². The summed E-state index contributed by atoms with van der Waals surface area (Å²) in [6.45, 7) is 8.61. The van der Waals surface area contributed by atoms with Gasteiger partial charge in [0.1, 0.15) is 0 Å². The number of hydrogen-bond acceptors (Lipinski definition) is 6. The highest BCUT2D eigenvalue weighted by Crippen LogP contribution is 2.27. The minimum absolute atomic E-state index is 0.0682. The predicted molar refractivity (Wildman–Crippen MR) is 148 cm³/mol. The number of benzene rings is 2. The van der Waals surface area contributed by atoms with E-state index in [-0.39, 0.29) is 6.04 Å². The molecule has 188 valence electrons. The van der Waals surface area contributed by atoms with Gasteiger partial charge in [0.25, 0.3) is 0 Å². The van der Waals surface area contributed by atoms with Crippen LogP contribution in [-0.2, 0) is 0 Å². The fraction of sp³-hybridized carbons (Fsp3) is 0.552. The van der Waals surface area contributed by atoms with E-state index >= 15 is 0 Å². The third kappa shape index (κ3) is 6.83. The van der Waals surface area contributed by atoms with Gasteiger partial charge >= 0.3 is 0 Å². The average molecular weight is 475 g/mol. The van der Waals surface area contributed by atoms with Gasteiger partial charge in [-0.2, -0.15) is 15.0 Å². The van der Waals surface area contributed by atoms with Crippen LogP contribution >= 0.6 is 0 Å². The zero-order valence-corrected chi connectivity index (χ0v) is 21.8. The Kier molecular flexibility index (Phi) is 9.15. The molecule has 3 aromatic rings. The van der Waals surface area contributed by atoms with Gasteiger partial charge in [-0.25, -0.2) is 0 Å². The van der Waals surface area contributed by atoms with Gasteiger partial charge in [-0.05, 0) is 48.9 Å². The zero-order chi connectivity index (χ0) is 24.5. The van der Waals surface area contributed by atoms with Crippen LogP contribution in [-0.4, -0.2) is 34.1 Å². The molecule has 0 aliphatic heterocycles. The maximum Gasteiger partial charge on any atom is 0.231 e. The maximum absolute atomic E-state index is 4.93. The summed E-state index contributed by atoms with van der Waals surface area (Å²) < 4.78 is 0. The zero-order valence-electron chi connectivity index (χ0n) is 21.8. The lowest BCUT2D eigenvalue weighted by Crippen LogP contribution is -2.30. The number of aromatic nitrogens is 3. The SMILES string of the molecule is CCCCN(CCCC)c1nc(NC2CCCCC2)nc(N[C@@H](C)c2cccc3ccccc23)n1. The van der Waals surface area contributed by atoms with Crippen molar-refractivity contribution in [3.8, 4) is 0 Å². The van der Waals surface area contributed by atoms with E-state index in [0.717, 1.165) is 44.7 Å². The Morgan fingerprint density at radius 3 is 2.29 bits per heavy atom. The number of fused-ring (bicyclic) bond motifs is 1. The van der Waals surface area contributed by atoms with Gasteiger partial charge in [0.05, 0.1) is 6.04 Å². The Labute approximate surface area is 211 Å². The molecule has 2 aromatic carbocycles. The summed E-state index contributed by atoms with van der Waals surface area (Å²) in [5, 5.41) is 9.76. The monoisotopic (exact) mass is 474 g/mol. The molecule has 4 rings (SSSR count). The Morgan fingerprint density at radius 2 is 1.54 bits per heavy atom. The van der Waals surface area contributed by atoms with Crippen LogP contribution < -0.4 is 15.5 Å². The van der Waals surface area contributed by atoms with E-state index in [1.807, 2.05) is 0 Å². The minimum atomic E-state index is 0.0682. The van der Waals surface area contributed by atoms with Crippen LogP contribution in [0.15, 0.2) is 42.5 Å². The van der Waals surface area contributed by atoms with E-state index in [4.69, 9.17) is 15.0 Å². The van der Waals surface area contributed by atoms with Crippen molar-refractivity contribution < 1.29 is 0 Å². The lowest BCUT2D eigenvalue weighted by atomic mass is 9.96. The Hall–Kier alpha value is -2.89. The molecule has 1 aliphatic carbocycles. The summed E-state index contributed by atoms with van der Waals surface area (Å²) in [6.07, 6.45) is 10.8. The van der Waals surface area contributed by atoms with Crippen molar-refractivity contribution in [3.63, 3.8) is 0 Å². The van der Waals surface area contributed by atoms with Crippen molar-refractivity contribution >= 4 is 28.6 Å². The van der Waals surface area contributed by atoms with Crippen LogP contribution in [0.25, 0.3) is 10.8 Å². The molecule has 0 spiro atoms. The fourth-order valence-corrected chi connectivity index (χ4v) is 4.97. The van der Waals surface area contributed by atoms with Gasteiger partial charge in [-0.15, -0.1) is 0 Å². The number of unbranched alkanes of at least 4 members (excludes halogenated alkanes) is 2. The molecule has 1 aromatic heterocycles. The van der Waals surface area contributed by atoms with E-state index < -0.39 is 0 Å². The molecule has 6 heteroatoms. The van der Waals surface area contributed by atoms with Crippen molar-refractivity contribution in [2.45, 2.75) is 90.6 Å². The molecule has 0 radical (unpaired) electrons. The lowest BCUT2D eigenvalue weighted by Gasteiger charge is -2.26. The van der Waals surface area contributed by atoms with Gasteiger partial charge in [0, 0.05) is 19.1 Å². The average Bonchev–Trinajstić information content (AvgIpc) is 2.89. The summed E-state index contributed by atoms with van der Waals surface area (Å²) >= 11 is 0. The molecule has 0 unspecified atom stereocenters. The Bertz CT molecular complexity index is 1050. The van der Waals surface area contributed by atoms with Crippen LogP contribution in [0.3, 0.4) is 0 Å². The van der Waals surface area contributed by atoms with Crippen molar-refractivity contribution in [2.75, 3.05) is 28.6 Å². The smallest absolute Gasteiger partial charge is 0.231 e. The molecule has 0 bridgehead atoms. The molecule has 1 fully saturated rings. The lowest BCUT2D eigenvalue weighted by molar-refractivity contribution is 0.460. The summed E-state index contributed by atoms with van der Waals surface area (Å²) in [4.78, 5) is 17.0. The van der Waals surface area contributed by atoms with Crippen LogP contribution in [0.2, 0.25) is 0 Å². The first kappa shape index (κ1) is 25.2. The van der Waals surface area contributed by atoms with Gasteiger partial charge in [0.15, 0.2) is 0 Å². The second kappa shape index (κ2) is 12.7. The quantitative estimate of drug-likeness (QED) is 0.286. The molecule has 0 amide bonds. The molecule has 2 N–H and O–H groups in total. The largest absolute Gasteiger partial charge is 0.351 e. The number of anilines is 3. The summed E-state index contributed by atoms with van der Waals surface area (Å²) in [5.74, 6) is 2.13. The van der Waals surface area contributed by atoms with Crippen LogP contribution in [0.5, 0.6) is 0 Å².